The lowest BCUT2D eigenvalue weighted by Gasteiger charge is -2.09. The highest BCUT2D eigenvalue weighted by Crippen LogP contribution is 2.22. The number of hydrogen-bond donors (Lipinski definition) is 2. The predicted octanol–water partition coefficient (Wildman–Crippen LogP) is 0.306. The van der Waals surface area contributed by atoms with Gasteiger partial charge in [0, 0.05) is 12.8 Å². The van der Waals surface area contributed by atoms with Crippen molar-refractivity contribution < 1.29 is 5.11 Å². The summed E-state index contributed by atoms with van der Waals surface area (Å²) in [5.41, 5.74) is -0.291. The molecule has 20 heavy (non-hydrogen) atoms. The van der Waals surface area contributed by atoms with Crippen LogP contribution in [0.2, 0.25) is 0 Å². The Morgan fingerprint density at radius 1 is 1.45 bits per heavy atom. The lowest BCUT2D eigenvalue weighted by atomic mass is 10.4. The zero-order chi connectivity index (χ0) is 14.9. The molecule has 110 valence electrons. The van der Waals surface area contributed by atoms with E-state index in [0.717, 1.165) is 12.2 Å². The Balaban J connectivity index is 2.72. The largest absolute Gasteiger partial charge is 0.392 e. The van der Waals surface area contributed by atoms with Crippen LogP contribution in [-0.4, -0.2) is 36.1 Å². The summed E-state index contributed by atoms with van der Waals surface area (Å²) < 4.78 is 2.99. The van der Waals surface area contributed by atoms with Gasteiger partial charge in [-0.05, 0) is 13.3 Å². The molecule has 0 aliphatic rings. The molecule has 0 saturated carbocycles. The van der Waals surface area contributed by atoms with Crippen molar-refractivity contribution in [2.45, 2.75) is 38.1 Å². The molecule has 0 aliphatic heterocycles. The number of aliphatic hydroxyl groups is 1. The number of aromatic amines is 1. The van der Waals surface area contributed by atoms with Crippen molar-refractivity contribution >= 4 is 22.9 Å². The second kappa shape index (κ2) is 5.84. The van der Waals surface area contributed by atoms with Crippen LogP contribution in [0.5, 0.6) is 0 Å². The van der Waals surface area contributed by atoms with Gasteiger partial charge in [-0.15, -0.1) is 0 Å². The molecule has 0 aromatic carbocycles. The van der Waals surface area contributed by atoms with E-state index in [9.17, 15) is 14.7 Å². The van der Waals surface area contributed by atoms with Crippen molar-refractivity contribution in [3.8, 4) is 0 Å². The van der Waals surface area contributed by atoms with Crippen LogP contribution in [0.3, 0.4) is 0 Å². The van der Waals surface area contributed by atoms with Crippen LogP contribution in [0.1, 0.15) is 20.3 Å². The van der Waals surface area contributed by atoms with Gasteiger partial charge in [0.2, 0.25) is 0 Å². The van der Waals surface area contributed by atoms with E-state index < -0.39 is 17.4 Å². The topological polar surface area (TPSA) is 92.9 Å². The molecule has 2 N–H and O–H groups in total. The van der Waals surface area contributed by atoms with E-state index in [-0.39, 0.29) is 6.54 Å². The average Bonchev–Trinajstić information content (AvgIpc) is 2.72. The summed E-state index contributed by atoms with van der Waals surface area (Å²) in [6.07, 6.45) is 0.364. The predicted molar refractivity (Wildman–Crippen MR) is 78.3 cm³/mol. The van der Waals surface area contributed by atoms with Crippen molar-refractivity contribution in [2.75, 3.05) is 5.75 Å². The third-order valence-electron chi connectivity index (χ3n) is 2.85. The standard InChI is InChI=1S/C12H18N4O3S/c1-4-5-20-12-13-9-8(16(12)6-7(2)17)10(18)14-11(19)15(9)3/h7,17H,4-6H2,1-3H3,(H,14,18,19). The van der Waals surface area contributed by atoms with E-state index >= 15 is 0 Å². The number of aliphatic hydroxyl groups excluding tert-OH is 1. The maximum absolute atomic E-state index is 12.0. The molecule has 0 aliphatic carbocycles. The minimum absolute atomic E-state index is 0.268. The normalized spacial score (nSPS) is 13.0. The van der Waals surface area contributed by atoms with E-state index in [0.29, 0.717) is 16.3 Å². The summed E-state index contributed by atoms with van der Waals surface area (Å²) in [6.45, 7) is 3.97. The number of H-pyrrole nitrogens is 1. The molecule has 1 atom stereocenters. The van der Waals surface area contributed by atoms with Crippen molar-refractivity contribution in [3.63, 3.8) is 0 Å². The van der Waals surface area contributed by atoms with Crippen LogP contribution in [-0.2, 0) is 13.6 Å². The summed E-state index contributed by atoms with van der Waals surface area (Å²) in [5, 5.41) is 10.3. The van der Waals surface area contributed by atoms with Gasteiger partial charge in [-0.3, -0.25) is 14.3 Å². The van der Waals surface area contributed by atoms with Crippen molar-refractivity contribution in [1.29, 1.82) is 0 Å². The first kappa shape index (κ1) is 14.9. The molecule has 2 rings (SSSR count). The van der Waals surface area contributed by atoms with Gasteiger partial charge < -0.3 is 9.67 Å². The van der Waals surface area contributed by atoms with Gasteiger partial charge in [-0.25, -0.2) is 9.78 Å². The van der Waals surface area contributed by atoms with Crippen molar-refractivity contribution in [2.24, 2.45) is 7.05 Å². The fraction of sp³-hybridized carbons (Fsp3) is 0.583. The van der Waals surface area contributed by atoms with Gasteiger partial charge in [0.05, 0.1) is 12.6 Å². The van der Waals surface area contributed by atoms with Crippen molar-refractivity contribution in [1.82, 2.24) is 19.1 Å². The maximum atomic E-state index is 12.0. The second-order valence-electron chi connectivity index (χ2n) is 4.69. The van der Waals surface area contributed by atoms with Crippen LogP contribution in [0.4, 0.5) is 0 Å². The molecule has 8 heteroatoms. The zero-order valence-corrected chi connectivity index (χ0v) is 12.5. The number of aryl methyl sites for hydroxylation is 1. The summed E-state index contributed by atoms with van der Waals surface area (Å²) in [4.78, 5) is 30.3. The molecule has 1 unspecified atom stereocenters. The van der Waals surface area contributed by atoms with Gasteiger partial charge in [0.25, 0.3) is 5.56 Å². The highest BCUT2D eigenvalue weighted by Gasteiger charge is 2.18. The number of hydrogen-bond acceptors (Lipinski definition) is 5. The molecule has 2 heterocycles. The molecule has 0 radical (unpaired) electrons. The Labute approximate surface area is 119 Å². The summed E-state index contributed by atoms with van der Waals surface area (Å²) in [7, 11) is 1.56. The number of fused-ring (bicyclic) bond motifs is 1. The monoisotopic (exact) mass is 298 g/mol. The third-order valence-corrected chi connectivity index (χ3v) is 4.04. The second-order valence-corrected chi connectivity index (χ2v) is 5.76. The zero-order valence-electron chi connectivity index (χ0n) is 11.7. The Morgan fingerprint density at radius 3 is 2.75 bits per heavy atom. The Kier molecular flexibility index (Phi) is 4.34. The smallest absolute Gasteiger partial charge is 0.329 e. The average molecular weight is 298 g/mol. The summed E-state index contributed by atoms with van der Waals surface area (Å²) in [5.74, 6) is 0.856. The fourth-order valence-electron chi connectivity index (χ4n) is 1.95. The quantitative estimate of drug-likeness (QED) is 0.775. The number of nitrogens with zero attached hydrogens (tertiary/aromatic N) is 3. The fourth-order valence-corrected chi connectivity index (χ4v) is 2.81. The summed E-state index contributed by atoms with van der Waals surface area (Å²) in [6, 6.07) is 0. The Morgan fingerprint density at radius 2 is 2.15 bits per heavy atom. The SMILES string of the molecule is CCCSc1nc2c(c(=O)[nH]c(=O)n2C)n1CC(C)O. The van der Waals surface area contributed by atoms with Gasteiger partial charge in [0.15, 0.2) is 16.3 Å². The number of nitrogens with one attached hydrogen (secondary N) is 1. The lowest BCUT2D eigenvalue weighted by Crippen LogP contribution is -2.29. The minimum atomic E-state index is -0.606. The summed E-state index contributed by atoms with van der Waals surface area (Å²) >= 11 is 1.51. The molecule has 0 spiro atoms. The first-order chi connectivity index (χ1) is 9.45. The molecule has 2 aromatic heterocycles. The highest BCUT2D eigenvalue weighted by atomic mass is 32.2. The van der Waals surface area contributed by atoms with Crippen LogP contribution >= 0.6 is 11.8 Å². The molecular formula is C12H18N4O3S. The molecule has 2 aromatic rings. The number of rotatable bonds is 5. The lowest BCUT2D eigenvalue weighted by molar-refractivity contribution is 0.171. The van der Waals surface area contributed by atoms with Crippen LogP contribution in [0, 0.1) is 0 Å². The van der Waals surface area contributed by atoms with Gasteiger partial charge in [-0.2, -0.15) is 0 Å². The third kappa shape index (κ3) is 2.66. The Hall–Kier alpha value is -1.54. The van der Waals surface area contributed by atoms with E-state index in [1.54, 1.807) is 18.5 Å². The van der Waals surface area contributed by atoms with Gasteiger partial charge in [0.1, 0.15) is 0 Å². The molecular weight excluding hydrogens is 280 g/mol. The molecule has 7 nitrogen and oxygen atoms in total. The van der Waals surface area contributed by atoms with E-state index in [2.05, 4.69) is 16.9 Å². The Bertz CT molecular complexity index is 729. The van der Waals surface area contributed by atoms with Crippen molar-refractivity contribution in [3.05, 3.63) is 20.8 Å². The van der Waals surface area contributed by atoms with E-state index in [1.165, 1.54) is 16.3 Å². The van der Waals surface area contributed by atoms with Crippen LogP contribution in [0.15, 0.2) is 14.7 Å². The molecule has 0 amide bonds. The molecule has 0 saturated heterocycles. The first-order valence-corrected chi connectivity index (χ1v) is 7.44. The van der Waals surface area contributed by atoms with E-state index in [1.807, 2.05) is 0 Å². The highest BCUT2D eigenvalue weighted by molar-refractivity contribution is 7.99. The van der Waals surface area contributed by atoms with Gasteiger partial charge in [-0.1, -0.05) is 18.7 Å². The van der Waals surface area contributed by atoms with Gasteiger partial charge >= 0.3 is 5.69 Å². The molecule has 0 bridgehead atoms. The van der Waals surface area contributed by atoms with Crippen LogP contribution in [0.25, 0.3) is 11.2 Å². The first-order valence-electron chi connectivity index (χ1n) is 6.46. The maximum Gasteiger partial charge on any atom is 0.329 e. The number of thioether (sulfide) groups is 1. The van der Waals surface area contributed by atoms with Crippen LogP contribution < -0.4 is 11.2 Å². The van der Waals surface area contributed by atoms with E-state index in [4.69, 9.17) is 0 Å². The molecule has 0 fully saturated rings. The number of imidazole rings is 1. The minimum Gasteiger partial charge on any atom is -0.392 e. The number of aromatic nitrogens is 4.